The molecule has 0 saturated carbocycles. The lowest BCUT2D eigenvalue weighted by atomic mass is 9.80. The average Bonchev–Trinajstić information content (AvgIpc) is 2.19. The molecule has 0 aromatic carbocycles. The zero-order valence-corrected chi connectivity index (χ0v) is 8.24. The van der Waals surface area contributed by atoms with Crippen molar-refractivity contribution in [1.82, 2.24) is 0 Å². The molecule has 0 aromatic rings. The molecule has 0 aliphatic heterocycles. The normalized spacial score (nSPS) is 21.8. The molecular weight excluding hydrogens is 188 g/mol. The van der Waals surface area contributed by atoms with Gasteiger partial charge >= 0.3 is 0 Å². The number of aliphatic hydroxyl groups is 2. The smallest absolute Gasteiger partial charge is 0.0687 e. The summed E-state index contributed by atoms with van der Waals surface area (Å²) in [5.74, 6) is 0.212. The van der Waals surface area contributed by atoms with Crippen molar-refractivity contribution in [3.63, 3.8) is 0 Å². The van der Waals surface area contributed by atoms with Gasteiger partial charge in [-0.15, -0.1) is 11.6 Å². The number of rotatable bonds is 4. The van der Waals surface area contributed by atoms with Crippen molar-refractivity contribution in [3.05, 3.63) is 24.3 Å². The van der Waals surface area contributed by atoms with Crippen LogP contribution in [0.4, 0.5) is 0 Å². The van der Waals surface area contributed by atoms with Gasteiger partial charge in [0, 0.05) is 11.3 Å². The Morgan fingerprint density at radius 3 is 2.46 bits per heavy atom. The van der Waals surface area contributed by atoms with Crippen molar-refractivity contribution in [2.75, 3.05) is 12.5 Å². The maximum atomic E-state index is 9.40. The van der Waals surface area contributed by atoms with Gasteiger partial charge in [0.25, 0.3) is 0 Å². The molecule has 0 fully saturated rings. The lowest BCUT2D eigenvalue weighted by Crippen LogP contribution is -2.28. The first-order chi connectivity index (χ1) is 6.22. The van der Waals surface area contributed by atoms with Crippen LogP contribution in [0.1, 0.15) is 12.8 Å². The van der Waals surface area contributed by atoms with Crippen molar-refractivity contribution in [2.45, 2.75) is 18.9 Å². The minimum atomic E-state index is -0.554. The molecule has 0 amide bonds. The van der Waals surface area contributed by atoms with Crippen molar-refractivity contribution >= 4 is 11.6 Å². The Balaban J connectivity index is 2.63. The van der Waals surface area contributed by atoms with Gasteiger partial charge in [0.1, 0.15) is 0 Å². The highest BCUT2D eigenvalue weighted by Gasteiger charge is 2.27. The first-order valence-corrected chi connectivity index (χ1v) is 4.96. The van der Waals surface area contributed by atoms with Gasteiger partial charge in [0.05, 0.1) is 12.7 Å². The van der Waals surface area contributed by atoms with Crippen molar-refractivity contribution in [2.24, 2.45) is 5.41 Å². The van der Waals surface area contributed by atoms with E-state index in [-0.39, 0.29) is 12.5 Å². The second-order valence-corrected chi connectivity index (χ2v) is 3.75. The molecule has 0 heterocycles. The molecule has 1 aliphatic rings. The molecule has 1 atom stereocenters. The van der Waals surface area contributed by atoms with Crippen LogP contribution >= 0.6 is 11.6 Å². The fraction of sp³-hybridized carbons (Fsp3) is 0.600. The number of hydrogen-bond acceptors (Lipinski definition) is 2. The lowest BCUT2D eigenvalue weighted by Gasteiger charge is -2.28. The molecule has 2 nitrogen and oxygen atoms in total. The van der Waals surface area contributed by atoms with Gasteiger partial charge in [0.15, 0.2) is 0 Å². The summed E-state index contributed by atoms with van der Waals surface area (Å²) in [6, 6.07) is 0. The van der Waals surface area contributed by atoms with E-state index in [1.54, 1.807) is 0 Å². The summed E-state index contributed by atoms with van der Waals surface area (Å²) in [6.45, 7) is 0.0218. The van der Waals surface area contributed by atoms with Crippen LogP contribution in [0.5, 0.6) is 0 Å². The third kappa shape index (κ3) is 2.83. The number of halogens is 1. The molecule has 0 aromatic heterocycles. The van der Waals surface area contributed by atoms with E-state index in [1.807, 2.05) is 24.3 Å². The SMILES string of the molecule is OCC1(C[C@@H](O)CCl)C=CCC=C1. The van der Waals surface area contributed by atoms with E-state index in [9.17, 15) is 10.2 Å². The Kier molecular flexibility index (Phi) is 3.97. The van der Waals surface area contributed by atoms with E-state index in [2.05, 4.69) is 0 Å². The summed E-state index contributed by atoms with van der Waals surface area (Å²) >= 11 is 5.51. The first kappa shape index (κ1) is 10.8. The Morgan fingerprint density at radius 1 is 1.38 bits per heavy atom. The van der Waals surface area contributed by atoms with Gasteiger partial charge in [-0.2, -0.15) is 0 Å². The predicted molar refractivity (Wildman–Crippen MR) is 53.8 cm³/mol. The molecule has 3 heteroatoms. The summed E-state index contributed by atoms with van der Waals surface area (Å²) in [7, 11) is 0. The monoisotopic (exact) mass is 202 g/mol. The molecule has 13 heavy (non-hydrogen) atoms. The second kappa shape index (κ2) is 4.80. The molecule has 0 bridgehead atoms. The van der Waals surface area contributed by atoms with Crippen LogP contribution in [-0.4, -0.2) is 28.8 Å². The quantitative estimate of drug-likeness (QED) is 0.536. The maximum absolute atomic E-state index is 9.40. The molecule has 0 radical (unpaired) electrons. The number of allylic oxidation sites excluding steroid dienone is 2. The van der Waals surface area contributed by atoms with Crippen molar-refractivity contribution < 1.29 is 10.2 Å². The number of aliphatic hydroxyl groups excluding tert-OH is 2. The summed E-state index contributed by atoms with van der Waals surface area (Å²) in [5, 5.41) is 18.6. The number of alkyl halides is 1. The van der Waals surface area contributed by atoms with Gasteiger partial charge in [-0.05, 0) is 12.8 Å². The Bertz CT molecular complexity index is 199. The molecule has 74 valence electrons. The van der Waals surface area contributed by atoms with Gasteiger partial charge in [0.2, 0.25) is 0 Å². The van der Waals surface area contributed by atoms with Crippen LogP contribution in [0.25, 0.3) is 0 Å². The summed E-state index contributed by atoms with van der Waals surface area (Å²) in [6.07, 6.45) is 8.72. The Labute approximate surface area is 83.5 Å². The molecule has 1 aliphatic carbocycles. The third-order valence-electron chi connectivity index (χ3n) is 2.26. The highest BCUT2D eigenvalue weighted by Crippen LogP contribution is 2.30. The van der Waals surface area contributed by atoms with Crippen LogP contribution in [0.3, 0.4) is 0 Å². The standard InChI is InChI=1S/C10H15ClO2/c11-7-9(13)6-10(8-12)4-2-1-3-5-10/h2-5,9,12-13H,1,6-8H2/t9-/m1/s1. The fourth-order valence-corrected chi connectivity index (χ4v) is 1.65. The predicted octanol–water partition coefficient (Wildman–Crippen LogP) is 1.47. The lowest BCUT2D eigenvalue weighted by molar-refractivity contribution is 0.116. The van der Waals surface area contributed by atoms with E-state index >= 15 is 0 Å². The molecule has 0 saturated heterocycles. The van der Waals surface area contributed by atoms with E-state index in [0.717, 1.165) is 6.42 Å². The molecule has 0 spiro atoms. The van der Waals surface area contributed by atoms with Gasteiger partial charge in [-0.3, -0.25) is 0 Å². The van der Waals surface area contributed by atoms with E-state index in [1.165, 1.54) is 0 Å². The van der Waals surface area contributed by atoms with E-state index in [4.69, 9.17) is 11.6 Å². The average molecular weight is 203 g/mol. The highest BCUT2D eigenvalue weighted by molar-refractivity contribution is 6.18. The molecular formula is C10H15ClO2. The maximum Gasteiger partial charge on any atom is 0.0687 e. The largest absolute Gasteiger partial charge is 0.395 e. The van der Waals surface area contributed by atoms with Gasteiger partial charge < -0.3 is 10.2 Å². The molecule has 0 unspecified atom stereocenters. The van der Waals surface area contributed by atoms with E-state index < -0.39 is 11.5 Å². The van der Waals surface area contributed by atoms with Crippen LogP contribution in [0.15, 0.2) is 24.3 Å². The topological polar surface area (TPSA) is 40.5 Å². The second-order valence-electron chi connectivity index (χ2n) is 3.44. The molecule has 2 N–H and O–H groups in total. The summed E-state index contributed by atoms with van der Waals surface area (Å²) in [4.78, 5) is 0. The van der Waals surface area contributed by atoms with Gasteiger partial charge in [-0.25, -0.2) is 0 Å². The minimum absolute atomic E-state index is 0.0218. The van der Waals surface area contributed by atoms with Crippen LogP contribution in [0, 0.1) is 5.41 Å². The Hall–Kier alpha value is -0.310. The van der Waals surface area contributed by atoms with Crippen LogP contribution in [-0.2, 0) is 0 Å². The summed E-state index contributed by atoms with van der Waals surface area (Å²) < 4.78 is 0. The highest BCUT2D eigenvalue weighted by atomic mass is 35.5. The third-order valence-corrected chi connectivity index (χ3v) is 2.62. The zero-order chi connectivity index (χ0) is 9.73. The van der Waals surface area contributed by atoms with Crippen molar-refractivity contribution in [3.8, 4) is 0 Å². The van der Waals surface area contributed by atoms with Crippen LogP contribution < -0.4 is 0 Å². The van der Waals surface area contributed by atoms with Crippen LogP contribution in [0.2, 0.25) is 0 Å². The number of hydrogen-bond donors (Lipinski definition) is 2. The van der Waals surface area contributed by atoms with Crippen molar-refractivity contribution in [1.29, 1.82) is 0 Å². The first-order valence-electron chi connectivity index (χ1n) is 4.43. The Morgan fingerprint density at radius 2 is 2.00 bits per heavy atom. The van der Waals surface area contributed by atoms with E-state index in [0.29, 0.717) is 6.42 Å². The fourth-order valence-electron chi connectivity index (χ4n) is 1.54. The molecule has 1 rings (SSSR count). The zero-order valence-electron chi connectivity index (χ0n) is 7.49. The minimum Gasteiger partial charge on any atom is -0.395 e. The van der Waals surface area contributed by atoms with Gasteiger partial charge in [-0.1, -0.05) is 24.3 Å². The summed E-state index contributed by atoms with van der Waals surface area (Å²) in [5.41, 5.74) is -0.396.